The Kier molecular flexibility index (Phi) is 3.28. The minimum atomic E-state index is -0.385. The predicted molar refractivity (Wildman–Crippen MR) is 82.6 cm³/mol. The lowest BCUT2D eigenvalue weighted by Gasteiger charge is -2.04. The van der Waals surface area contributed by atoms with Crippen LogP contribution in [0, 0.1) is 17.0 Å². The Labute approximate surface area is 122 Å². The van der Waals surface area contributed by atoms with Gasteiger partial charge in [-0.3, -0.25) is 10.1 Å². The maximum atomic E-state index is 10.7. The van der Waals surface area contributed by atoms with E-state index in [0.29, 0.717) is 0 Å². The van der Waals surface area contributed by atoms with Gasteiger partial charge in [-0.15, -0.1) is 0 Å². The molecule has 0 unspecified atom stereocenters. The molecule has 4 nitrogen and oxygen atoms in total. The van der Waals surface area contributed by atoms with Crippen LogP contribution in [0.5, 0.6) is 0 Å². The van der Waals surface area contributed by atoms with Crippen molar-refractivity contribution in [1.82, 2.24) is 4.57 Å². The van der Waals surface area contributed by atoms with E-state index in [0.717, 1.165) is 22.5 Å². The third-order valence-electron chi connectivity index (χ3n) is 3.46. The Balaban J connectivity index is 1.99. The normalized spacial score (nSPS) is 10.5. The number of hydrogen-bond acceptors (Lipinski definition) is 2. The summed E-state index contributed by atoms with van der Waals surface area (Å²) in [4.78, 5) is 10.3. The molecule has 0 aliphatic heterocycles. The first-order valence-corrected chi connectivity index (χ1v) is 6.64. The van der Waals surface area contributed by atoms with Gasteiger partial charge < -0.3 is 4.57 Å². The van der Waals surface area contributed by atoms with Crippen molar-refractivity contribution in [2.75, 3.05) is 0 Å². The maximum absolute atomic E-state index is 10.7. The van der Waals surface area contributed by atoms with E-state index in [4.69, 9.17) is 0 Å². The van der Waals surface area contributed by atoms with E-state index in [1.807, 2.05) is 43.5 Å². The van der Waals surface area contributed by atoms with Gasteiger partial charge in [0.15, 0.2) is 0 Å². The van der Waals surface area contributed by atoms with Gasteiger partial charge in [-0.05, 0) is 42.8 Å². The molecule has 0 atom stereocenters. The molecule has 0 bridgehead atoms. The highest BCUT2D eigenvalue weighted by atomic mass is 16.6. The number of nitro groups is 1. The molecule has 21 heavy (non-hydrogen) atoms. The van der Waals surface area contributed by atoms with Gasteiger partial charge in [-0.25, -0.2) is 0 Å². The second kappa shape index (κ2) is 5.25. The Morgan fingerprint density at radius 1 is 0.952 bits per heavy atom. The predicted octanol–water partition coefficient (Wildman–Crippen LogP) is 4.36. The first kappa shape index (κ1) is 13.1. The minimum absolute atomic E-state index is 0.109. The summed E-state index contributed by atoms with van der Waals surface area (Å²) < 4.78 is 2.11. The smallest absolute Gasteiger partial charge is 0.269 e. The van der Waals surface area contributed by atoms with Crippen LogP contribution in [-0.4, -0.2) is 9.49 Å². The molecular formula is C17H14N2O2. The standard InChI is InChI=1S/C17H14N2O2/c1-13-11-15(12-18(13)16-5-3-2-4-6-16)14-7-9-17(10-8-14)19(20)21/h2-12H,1H3. The highest BCUT2D eigenvalue weighted by Crippen LogP contribution is 2.26. The third kappa shape index (κ3) is 2.56. The molecule has 0 N–H and O–H groups in total. The van der Waals surface area contributed by atoms with Crippen LogP contribution >= 0.6 is 0 Å². The van der Waals surface area contributed by atoms with Crippen molar-refractivity contribution in [1.29, 1.82) is 0 Å². The Bertz CT molecular complexity index is 774. The zero-order chi connectivity index (χ0) is 14.8. The minimum Gasteiger partial charge on any atom is -0.321 e. The summed E-state index contributed by atoms with van der Waals surface area (Å²) in [6.07, 6.45) is 2.05. The summed E-state index contributed by atoms with van der Waals surface area (Å²) in [7, 11) is 0. The fourth-order valence-corrected chi connectivity index (χ4v) is 2.37. The number of rotatable bonds is 3. The lowest BCUT2D eigenvalue weighted by atomic mass is 10.1. The van der Waals surface area contributed by atoms with E-state index in [9.17, 15) is 10.1 Å². The number of benzene rings is 2. The highest BCUT2D eigenvalue weighted by molar-refractivity contribution is 5.66. The molecule has 0 radical (unpaired) electrons. The van der Waals surface area contributed by atoms with Crippen LogP contribution in [0.25, 0.3) is 16.8 Å². The van der Waals surface area contributed by atoms with Gasteiger partial charge in [0.2, 0.25) is 0 Å². The Morgan fingerprint density at radius 2 is 1.62 bits per heavy atom. The van der Waals surface area contributed by atoms with E-state index in [-0.39, 0.29) is 10.6 Å². The van der Waals surface area contributed by atoms with Crippen LogP contribution in [0.4, 0.5) is 5.69 Å². The maximum Gasteiger partial charge on any atom is 0.269 e. The third-order valence-corrected chi connectivity index (χ3v) is 3.46. The molecule has 0 amide bonds. The molecular weight excluding hydrogens is 264 g/mol. The van der Waals surface area contributed by atoms with Crippen molar-refractivity contribution in [3.8, 4) is 16.8 Å². The number of aromatic nitrogens is 1. The van der Waals surface area contributed by atoms with Gasteiger partial charge in [0.05, 0.1) is 4.92 Å². The van der Waals surface area contributed by atoms with Crippen LogP contribution < -0.4 is 0 Å². The van der Waals surface area contributed by atoms with Crippen molar-refractivity contribution in [3.05, 3.63) is 82.7 Å². The van der Waals surface area contributed by atoms with E-state index in [1.165, 1.54) is 12.1 Å². The van der Waals surface area contributed by atoms with E-state index < -0.39 is 0 Å². The molecule has 0 aliphatic carbocycles. The fourth-order valence-electron chi connectivity index (χ4n) is 2.37. The van der Waals surface area contributed by atoms with Gasteiger partial charge in [0, 0.05) is 35.3 Å². The number of aryl methyl sites for hydroxylation is 1. The number of para-hydroxylation sites is 1. The highest BCUT2D eigenvalue weighted by Gasteiger charge is 2.08. The average molecular weight is 278 g/mol. The number of hydrogen-bond donors (Lipinski definition) is 0. The largest absolute Gasteiger partial charge is 0.321 e. The second-order valence-electron chi connectivity index (χ2n) is 4.88. The van der Waals surface area contributed by atoms with Gasteiger partial charge in [0.1, 0.15) is 0 Å². The van der Waals surface area contributed by atoms with Crippen molar-refractivity contribution >= 4 is 5.69 Å². The van der Waals surface area contributed by atoms with Crippen LogP contribution in [0.2, 0.25) is 0 Å². The molecule has 4 heteroatoms. The van der Waals surface area contributed by atoms with Crippen molar-refractivity contribution in [3.63, 3.8) is 0 Å². The molecule has 2 aromatic carbocycles. The lowest BCUT2D eigenvalue weighted by molar-refractivity contribution is -0.384. The quantitative estimate of drug-likeness (QED) is 0.528. The first-order valence-electron chi connectivity index (χ1n) is 6.64. The second-order valence-corrected chi connectivity index (χ2v) is 4.88. The molecule has 1 aromatic heterocycles. The SMILES string of the molecule is Cc1cc(-c2ccc([N+](=O)[O-])cc2)cn1-c1ccccc1. The Morgan fingerprint density at radius 3 is 2.24 bits per heavy atom. The molecule has 0 aliphatic rings. The molecule has 3 aromatic rings. The van der Waals surface area contributed by atoms with Crippen LogP contribution in [0.1, 0.15) is 5.69 Å². The Hall–Kier alpha value is -2.88. The summed E-state index contributed by atoms with van der Waals surface area (Å²) in [5.74, 6) is 0. The average Bonchev–Trinajstić information content (AvgIpc) is 2.90. The monoisotopic (exact) mass is 278 g/mol. The summed E-state index contributed by atoms with van der Waals surface area (Å²) >= 11 is 0. The molecule has 0 saturated carbocycles. The van der Waals surface area contributed by atoms with Crippen molar-refractivity contribution < 1.29 is 4.92 Å². The summed E-state index contributed by atoms with van der Waals surface area (Å²) in [5, 5.41) is 10.7. The van der Waals surface area contributed by atoms with Gasteiger partial charge >= 0.3 is 0 Å². The summed E-state index contributed by atoms with van der Waals surface area (Å²) in [5.41, 5.74) is 4.35. The van der Waals surface area contributed by atoms with Crippen LogP contribution in [0.3, 0.4) is 0 Å². The zero-order valence-corrected chi connectivity index (χ0v) is 11.6. The van der Waals surface area contributed by atoms with Gasteiger partial charge in [-0.1, -0.05) is 18.2 Å². The van der Waals surface area contributed by atoms with Crippen molar-refractivity contribution in [2.24, 2.45) is 0 Å². The molecule has 3 rings (SSSR count). The molecule has 104 valence electrons. The number of nitro benzene ring substituents is 1. The lowest BCUT2D eigenvalue weighted by Crippen LogP contribution is -1.92. The van der Waals surface area contributed by atoms with E-state index in [2.05, 4.69) is 10.6 Å². The number of nitrogens with zero attached hydrogens (tertiary/aromatic N) is 2. The van der Waals surface area contributed by atoms with Gasteiger partial charge in [0.25, 0.3) is 5.69 Å². The van der Waals surface area contributed by atoms with Gasteiger partial charge in [-0.2, -0.15) is 0 Å². The fraction of sp³-hybridized carbons (Fsp3) is 0.0588. The van der Waals surface area contributed by atoms with Crippen LogP contribution in [-0.2, 0) is 0 Å². The zero-order valence-electron chi connectivity index (χ0n) is 11.6. The summed E-state index contributed by atoms with van der Waals surface area (Å²) in [6.45, 7) is 2.04. The summed E-state index contributed by atoms with van der Waals surface area (Å²) in [6, 6.07) is 18.8. The topological polar surface area (TPSA) is 48.1 Å². The van der Waals surface area contributed by atoms with E-state index in [1.54, 1.807) is 12.1 Å². The molecule has 1 heterocycles. The number of non-ortho nitro benzene ring substituents is 1. The molecule has 0 saturated heterocycles. The van der Waals surface area contributed by atoms with Crippen molar-refractivity contribution in [2.45, 2.75) is 6.92 Å². The van der Waals surface area contributed by atoms with Crippen LogP contribution in [0.15, 0.2) is 66.9 Å². The molecule has 0 spiro atoms. The first-order chi connectivity index (χ1) is 10.1. The molecule has 0 fully saturated rings. The van der Waals surface area contributed by atoms with E-state index >= 15 is 0 Å².